The monoisotopic (exact) mass is 487 g/mol. The first-order valence-electron chi connectivity index (χ1n) is 10.6. The summed E-state index contributed by atoms with van der Waals surface area (Å²) in [6.07, 6.45) is 0. The molecule has 2 heterocycles. The van der Waals surface area contributed by atoms with Crippen molar-refractivity contribution in [3.8, 4) is 11.4 Å². The van der Waals surface area contributed by atoms with E-state index in [0.717, 1.165) is 26.7 Å². The molecule has 3 aromatic carbocycles. The normalized spacial score (nSPS) is 11.6. The number of benzene rings is 3. The van der Waals surface area contributed by atoms with Crippen molar-refractivity contribution in [2.24, 2.45) is 0 Å². The molecule has 0 aliphatic heterocycles. The van der Waals surface area contributed by atoms with Gasteiger partial charge in [0.2, 0.25) is 0 Å². The number of aryl methyl sites for hydroxylation is 1. The minimum atomic E-state index is -3.64. The van der Waals surface area contributed by atoms with Crippen molar-refractivity contribution in [1.29, 1.82) is 0 Å². The molecule has 0 radical (unpaired) electrons. The van der Waals surface area contributed by atoms with Gasteiger partial charge in [0, 0.05) is 27.4 Å². The van der Waals surface area contributed by atoms with Crippen LogP contribution in [0.25, 0.3) is 17.2 Å². The average Bonchev–Trinajstić information content (AvgIpc) is 3.28. The first kappa shape index (κ1) is 22.1. The summed E-state index contributed by atoms with van der Waals surface area (Å²) >= 11 is 1.53. The zero-order valence-corrected chi connectivity index (χ0v) is 20.1. The Morgan fingerprint density at radius 3 is 2.15 bits per heavy atom. The molecule has 0 saturated carbocycles. The smallest absolute Gasteiger partial charge is 0.261 e. The van der Waals surface area contributed by atoms with E-state index in [-0.39, 0.29) is 4.90 Å². The van der Waals surface area contributed by atoms with Crippen LogP contribution in [0.5, 0.6) is 0 Å². The summed E-state index contributed by atoms with van der Waals surface area (Å²) in [4.78, 5) is 10.4. The van der Waals surface area contributed by atoms with E-state index in [1.165, 1.54) is 11.8 Å². The van der Waals surface area contributed by atoms with Crippen molar-refractivity contribution in [2.75, 3.05) is 4.72 Å². The van der Waals surface area contributed by atoms with E-state index in [2.05, 4.69) is 14.7 Å². The fraction of sp³-hybridized carbons (Fsp3) is 0.0800. The third kappa shape index (κ3) is 4.40. The fourth-order valence-corrected chi connectivity index (χ4v) is 5.49. The predicted octanol–water partition coefficient (Wildman–Crippen LogP) is 5.36. The molecule has 0 bridgehead atoms. The zero-order chi connectivity index (χ0) is 23.7. The average molecular weight is 488 g/mol. The van der Waals surface area contributed by atoms with Crippen molar-refractivity contribution in [3.63, 3.8) is 0 Å². The SMILES string of the molecule is Cc1nc2nc(-c3ccccc3)nn2c(Sc2ccc(NS(=O)(=O)c3ccccc3)cc2)c1C. The van der Waals surface area contributed by atoms with Crippen LogP contribution in [0.4, 0.5) is 5.69 Å². The van der Waals surface area contributed by atoms with Crippen LogP contribution in [0.15, 0.2) is 99.7 Å². The third-order valence-electron chi connectivity index (χ3n) is 5.32. The second-order valence-electron chi connectivity index (χ2n) is 7.69. The van der Waals surface area contributed by atoms with Crippen molar-refractivity contribution < 1.29 is 8.42 Å². The van der Waals surface area contributed by atoms with Crippen LogP contribution in [0, 0.1) is 13.8 Å². The molecule has 0 aliphatic rings. The molecule has 9 heteroatoms. The first-order chi connectivity index (χ1) is 16.4. The molecule has 0 unspecified atom stereocenters. The quantitative estimate of drug-likeness (QED) is 0.324. The minimum Gasteiger partial charge on any atom is -0.280 e. The van der Waals surface area contributed by atoms with Gasteiger partial charge >= 0.3 is 0 Å². The number of rotatable bonds is 6. The molecule has 5 aromatic rings. The lowest BCUT2D eigenvalue weighted by atomic mass is 10.2. The summed E-state index contributed by atoms with van der Waals surface area (Å²) in [5.74, 6) is 1.15. The maximum Gasteiger partial charge on any atom is 0.261 e. The summed E-state index contributed by atoms with van der Waals surface area (Å²) in [6.45, 7) is 3.97. The second-order valence-corrected chi connectivity index (χ2v) is 10.4. The van der Waals surface area contributed by atoms with E-state index in [1.807, 2.05) is 56.3 Å². The highest BCUT2D eigenvalue weighted by atomic mass is 32.2. The van der Waals surface area contributed by atoms with Crippen LogP contribution in [0.1, 0.15) is 11.3 Å². The molecule has 2 aromatic heterocycles. The number of sulfonamides is 1. The van der Waals surface area contributed by atoms with Crippen molar-refractivity contribution in [2.45, 2.75) is 28.7 Å². The minimum absolute atomic E-state index is 0.221. The Bertz CT molecular complexity index is 1570. The number of fused-ring (bicyclic) bond motifs is 1. The number of hydrogen-bond acceptors (Lipinski definition) is 6. The lowest BCUT2D eigenvalue weighted by Crippen LogP contribution is -2.12. The summed E-state index contributed by atoms with van der Waals surface area (Å²) in [5.41, 5.74) is 3.31. The highest BCUT2D eigenvalue weighted by molar-refractivity contribution is 7.99. The van der Waals surface area contributed by atoms with Crippen LogP contribution in [-0.2, 0) is 10.0 Å². The molecule has 5 rings (SSSR count). The molecule has 0 spiro atoms. The standard InChI is InChI=1S/C25H21N5O2S2/c1-17-18(2)26-25-27-23(19-9-5-3-6-10-19)28-30(25)24(17)33-21-15-13-20(14-16-21)29-34(31,32)22-11-7-4-8-12-22/h3-16,29H,1-2H3. The lowest BCUT2D eigenvalue weighted by Gasteiger charge is -2.11. The van der Waals surface area contributed by atoms with Gasteiger partial charge in [0.1, 0.15) is 5.03 Å². The molecule has 170 valence electrons. The second kappa shape index (κ2) is 8.92. The van der Waals surface area contributed by atoms with Crippen molar-refractivity contribution in [1.82, 2.24) is 19.6 Å². The van der Waals surface area contributed by atoms with Gasteiger partial charge in [-0.3, -0.25) is 4.72 Å². The molecule has 0 fully saturated rings. The Hall–Kier alpha value is -3.69. The molecule has 0 aliphatic carbocycles. The molecule has 34 heavy (non-hydrogen) atoms. The van der Waals surface area contributed by atoms with E-state index in [1.54, 1.807) is 47.0 Å². The Morgan fingerprint density at radius 1 is 0.824 bits per heavy atom. The first-order valence-corrected chi connectivity index (χ1v) is 12.9. The summed E-state index contributed by atoms with van der Waals surface area (Å²) in [7, 11) is -3.64. The lowest BCUT2D eigenvalue weighted by molar-refractivity contribution is 0.601. The van der Waals surface area contributed by atoms with E-state index < -0.39 is 10.0 Å². The van der Waals surface area contributed by atoms with Crippen molar-refractivity contribution in [3.05, 3.63) is 96.2 Å². The van der Waals surface area contributed by atoms with E-state index >= 15 is 0 Å². The number of aromatic nitrogens is 4. The van der Waals surface area contributed by atoms with Gasteiger partial charge in [-0.25, -0.2) is 13.4 Å². The summed E-state index contributed by atoms with van der Waals surface area (Å²) < 4.78 is 29.6. The van der Waals surface area contributed by atoms with E-state index in [0.29, 0.717) is 17.3 Å². The third-order valence-corrected chi connectivity index (χ3v) is 7.90. The van der Waals surface area contributed by atoms with Gasteiger partial charge in [0.05, 0.1) is 4.90 Å². The summed E-state index contributed by atoms with van der Waals surface area (Å²) in [6, 6.07) is 25.4. The maximum absolute atomic E-state index is 12.6. The van der Waals surface area contributed by atoms with Crippen LogP contribution in [0.3, 0.4) is 0 Å². The Kier molecular flexibility index (Phi) is 5.80. The van der Waals surface area contributed by atoms with Gasteiger partial charge in [-0.1, -0.05) is 60.3 Å². The fourth-order valence-electron chi connectivity index (χ4n) is 3.41. The van der Waals surface area contributed by atoms with Crippen LogP contribution in [0.2, 0.25) is 0 Å². The van der Waals surface area contributed by atoms with Gasteiger partial charge in [-0.15, -0.1) is 5.10 Å². The number of nitrogens with zero attached hydrogens (tertiary/aromatic N) is 4. The van der Waals surface area contributed by atoms with Gasteiger partial charge in [0.25, 0.3) is 15.8 Å². The molecule has 0 saturated heterocycles. The van der Waals surface area contributed by atoms with Crippen LogP contribution < -0.4 is 4.72 Å². The highest BCUT2D eigenvalue weighted by Gasteiger charge is 2.17. The maximum atomic E-state index is 12.6. The van der Waals surface area contributed by atoms with E-state index in [9.17, 15) is 8.42 Å². The number of hydrogen-bond donors (Lipinski definition) is 1. The molecule has 7 nitrogen and oxygen atoms in total. The van der Waals surface area contributed by atoms with Crippen molar-refractivity contribution >= 4 is 33.3 Å². The number of nitrogens with one attached hydrogen (secondary N) is 1. The molecular weight excluding hydrogens is 466 g/mol. The molecule has 1 N–H and O–H groups in total. The van der Waals surface area contributed by atoms with Gasteiger partial charge < -0.3 is 0 Å². The predicted molar refractivity (Wildman–Crippen MR) is 134 cm³/mol. The topological polar surface area (TPSA) is 89.2 Å². The van der Waals surface area contributed by atoms with Gasteiger partial charge in [-0.05, 0) is 50.2 Å². The molecule has 0 atom stereocenters. The van der Waals surface area contributed by atoms with Crippen LogP contribution in [-0.4, -0.2) is 28.0 Å². The Balaban J connectivity index is 1.44. The largest absolute Gasteiger partial charge is 0.280 e. The van der Waals surface area contributed by atoms with Crippen LogP contribution >= 0.6 is 11.8 Å². The number of anilines is 1. The Labute approximate surface area is 202 Å². The zero-order valence-electron chi connectivity index (χ0n) is 18.5. The Morgan fingerprint density at radius 2 is 1.47 bits per heavy atom. The molecule has 0 amide bonds. The van der Waals surface area contributed by atoms with Gasteiger partial charge in [0.15, 0.2) is 5.82 Å². The summed E-state index contributed by atoms with van der Waals surface area (Å²) in [5, 5.41) is 5.62. The van der Waals surface area contributed by atoms with E-state index in [4.69, 9.17) is 5.10 Å². The van der Waals surface area contributed by atoms with Gasteiger partial charge in [-0.2, -0.15) is 9.50 Å². The molecular formula is C25H21N5O2S2. The highest BCUT2D eigenvalue weighted by Crippen LogP contribution is 2.33.